The third-order valence-electron chi connectivity index (χ3n) is 2.02. The third kappa shape index (κ3) is 1.86. The molecule has 0 saturated heterocycles. The van der Waals surface area contributed by atoms with E-state index in [-0.39, 0.29) is 5.69 Å². The maximum absolute atomic E-state index is 10.8. The fourth-order valence-electron chi connectivity index (χ4n) is 1.33. The average Bonchev–Trinajstić information content (AvgIpc) is 2.18. The molecule has 3 nitrogen and oxygen atoms in total. The Morgan fingerprint density at radius 2 is 2.13 bits per heavy atom. The van der Waals surface area contributed by atoms with Crippen molar-refractivity contribution in [2.24, 2.45) is 0 Å². The topological polar surface area (TPSA) is 53.1 Å². The summed E-state index contributed by atoms with van der Waals surface area (Å²) in [6.45, 7) is 0. The quantitative estimate of drug-likeness (QED) is 0.751. The lowest BCUT2D eigenvalue weighted by Crippen LogP contribution is -2.00. The fraction of sp³-hybridized carbons (Fsp3) is 0. The summed E-state index contributed by atoms with van der Waals surface area (Å²) in [5.74, 6) is -1.03. The van der Waals surface area contributed by atoms with Gasteiger partial charge < -0.3 is 10.1 Å². The van der Waals surface area contributed by atoms with E-state index in [0.29, 0.717) is 15.0 Å². The van der Waals surface area contributed by atoms with Crippen LogP contribution in [0, 0.1) is 4.51 Å². The lowest BCUT2D eigenvalue weighted by Gasteiger charge is -2.01. The Balaban J connectivity index is 2.84. The zero-order valence-corrected chi connectivity index (χ0v) is 9.02. The maximum Gasteiger partial charge on any atom is 0.352 e. The molecule has 0 aliphatic rings. The number of carboxylic acid groups (broad SMARTS) is 1. The molecule has 0 amide bonds. The highest BCUT2D eigenvalue weighted by Crippen LogP contribution is 2.19. The first-order chi connectivity index (χ1) is 7.08. The van der Waals surface area contributed by atoms with Gasteiger partial charge in [-0.3, -0.25) is 0 Å². The van der Waals surface area contributed by atoms with E-state index in [1.165, 1.54) is 6.07 Å². The SMILES string of the molecule is O=C(O)c1cc(=S)c2cc(Cl)ccc2[nH]1. The van der Waals surface area contributed by atoms with Crippen LogP contribution in [0.1, 0.15) is 10.5 Å². The third-order valence-corrected chi connectivity index (χ3v) is 2.60. The van der Waals surface area contributed by atoms with Gasteiger partial charge in [0.25, 0.3) is 0 Å². The minimum Gasteiger partial charge on any atom is -0.477 e. The lowest BCUT2D eigenvalue weighted by atomic mass is 10.2. The standard InChI is InChI=1S/C10H6ClNO2S/c11-5-1-2-7-6(3-5)9(15)4-8(12-7)10(13)14/h1-4H,(H,12,15)(H,13,14). The highest BCUT2D eigenvalue weighted by molar-refractivity contribution is 7.71. The number of aromatic carboxylic acids is 1. The molecular weight excluding hydrogens is 234 g/mol. The Morgan fingerprint density at radius 3 is 2.80 bits per heavy atom. The predicted molar refractivity (Wildman–Crippen MR) is 61.1 cm³/mol. The summed E-state index contributed by atoms with van der Waals surface area (Å²) < 4.78 is 0.476. The van der Waals surface area contributed by atoms with Gasteiger partial charge in [-0.25, -0.2) is 4.79 Å². The van der Waals surface area contributed by atoms with Gasteiger partial charge in [0, 0.05) is 20.4 Å². The number of hydrogen-bond acceptors (Lipinski definition) is 2. The number of halogens is 1. The number of rotatable bonds is 1. The van der Waals surface area contributed by atoms with Crippen molar-refractivity contribution in [3.05, 3.63) is 39.5 Å². The zero-order valence-electron chi connectivity index (χ0n) is 7.45. The summed E-state index contributed by atoms with van der Waals surface area (Å²) in [7, 11) is 0. The van der Waals surface area contributed by atoms with Crippen molar-refractivity contribution in [1.82, 2.24) is 4.98 Å². The number of pyridine rings is 1. The van der Waals surface area contributed by atoms with Crippen LogP contribution < -0.4 is 0 Å². The number of nitrogens with one attached hydrogen (secondary N) is 1. The molecule has 2 N–H and O–H groups in total. The number of carbonyl (C=O) groups is 1. The first kappa shape index (κ1) is 10.1. The molecule has 0 fully saturated rings. The number of benzene rings is 1. The molecule has 0 saturated carbocycles. The Labute approximate surface area is 95.3 Å². The summed E-state index contributed by atoms with van der Waals surface area (Å²) in [6.07, 6.45) is 0. The van der Waals surface area contributed by atoms with Gasteiger partial charge in [-0.05, 0) is 24.3 Å². The second-order valence-electron chi connectivity index (χ2n) is 3.04. The van der Waals surface area contributed by atoms with E-state index in [1.54, 1.807) is 18.2 Å². The normalized spacial score (nSPS) is 10.5. The minimum atomic E-state index is -1.03. The van der Waals surface area contributed by atoms with Crippen molar-refractivity contribution in [2.75, 3.05) is 0 Å². The van der Waals surface area contributed by atoms with Crippen molar-refractivity contribution < 1.29 is 9.90 Å². The molecule has 15 heavy (non-hydrogen) atoms. The molecule has 0 bridgehead atoms. The van der Waals surface area contributed by atoms with Gasteiger partial charge in [-0.15, -0.1) is 0 Å². The molecule has 0 spiro atoms. The van der Waals surface area contributed by atoms with Gasteiger partial charge in [0.15, 0.2) is 0 Å². The summed E-state index contributed by atoms with van der Waals surface area (Å²) in [5.41, 5.74) is 0.749. The first-order valence-electron chi connectivity index (χ1n) is 4.14. The number of hydrogen-bond donors (Lipinski definition) is 2. The molecule has 5 heteroatoms. The molecule has 0 atom stereocenters. The van der Waals surface area contributed by atoms with E-state index in [9.17, 15) is 4.79 Å². The molecule has 1 aromatic carbocycles. The van der Waals surface area contributed by atoms with E-state index in [1.807, 2.05) is 0 Å². The van der Waals surface area contributed by atoms with Gasteiger partial charge in [-0.1, -0.05) is 23.8 Å². The van der Waals surface area contributed by atoms with Crippen LogP contribution in [0.15, 0.2) is 24.3 Å². The lowest BCUT2D eigenvalue weighted by molar-refractivity contribution is 0.0691. The maximum atomic E-state index is 10.8. The van der Waals surface area contributed by atoms with E-state index in [2.05, 4.69) is 4.98 Å². The van der Waals surface area contributed by atoms with Crippen molar-refractivity contribution in [1.29, 1.82) is 0 Å². The van der Waals surface area contributed by atoms with E-state index in [4.69, 9.17) is 28.9 Å². The zero-order chi connectivity index (χ0) is 11.0. The summed E-state index contributed by atoms with van der Waals surface area (Å²) in [4.78, 5) is 13.5. The molecule has 1 aromatic heterocycles. The van der Waals surface area contributed by atoms with Gasteiger partial charge in [0.05, 0.1) is 0 Å². The van der Waals surface area contributed by atoms with Crippen molar-refractivity contribution in [3.63, 3.8) is 0 Å². The van der Waals surface area contributed by atoms with Gasteiger partial charge >= 0.3 is 5.97 Å². The average molecular weight is 240 g/mol. The molecule has 0 aliphatic carbocycles. The molecule has 0 aliphatic heterocycles. The van der Waals surface area contributed by atoms with Gasteiger partial charge in [0.2, 0.25) is 0 Å². The molecule has 0 radical (unpaired) electrons. The van der Waals surface area contributed by atoms with Crippen molar-refractivity contribution in [2.45, 2.75) is 0 Å². The van der Waals surface area contributed by atoms with Gasteiger partial charge in [-0.2, -0.15) is 0 Å². The van der Waals surface area contributed by atoms with Crippen LogP contribution in [-0.2, 0) is 0 Å². The number of fused-ring (bicyclic) bond motifs is 1. The molecule has 76 valence electrons. The van der Waals surface area contributed by atoms with Crippen molar-refractivity contribution >= 4 is 40.7 Å². The predicted octanol–water partition coefficient (Wildman–Crippen LogP) is 3.25. The van der Waals surface area contributed by atoms with Crippen LogP contribution in [0.4, 0.5) is 0 Å². The van der Waals surface area contributed by atoms with Crippen LogP contribution in [0.2, 0.25) is 5.02 Å². The van der Waals surface area contributed by atoms with Crippen LogP contribution in [0.5, 0.6) is 0 Å². The fourth-order valence-corrected chi connectivity index (χ4v) is 1.79. The van der Waals surface area contributed by atoms with Crippen LogP contribution in [-0.4, -0.2) is 16.1 Å². The highest BCUT2D eigenvalue weighted by Gasteiger charge is 2.05. The largest absolute Gasteiger partial charge is 0.477 e. The second-order valence-corrected chi connectivity index (χ2v) is 3.92. The molecule has 1 heterocycles. The van der Waals surface area contributed by atoms with Crippen LogP contribution in [0.3, 0.4) is 0 Å². The van der Waals surface area contributed by atoms with E-state index < -0.39 is 5.97 Å². The monoisotopic (exact) mass is 239 g/mol. The summed E-state index contributed by atoms with van der Waals surface area (Å²) in [6, 6.07) is 6.51. The van der Waals surface area contributed by atoms with Crippen LogP contribution >= 0.6 is 23.8 Å². The van der Waals surface area contributed by atoms with Crippen LogP contribution in [0.25, 0.3) is 10.9 Å². The molecule has 2 rings (SSSR count). The Hall–Kier alpha value is -1.39. The highest BCUT2D eigenvalue weighted by atomic mass is 35.5. The number of aromatic amines is 1. The van der Waals surface area contributed by atoms with Crippen molar-refractivity contribution in [3.8, 4) is 0 Å². The Kier molecular flexibility index (Phi) is 2.46. The van der Waals surface area contributed by atoms with E-state index in [0.717, 1.165) is 5.39 Å². The van der Waals surface area contributed by atoms with E-state index >= 15 is 0 Å². The summed E-state index contributed by atoms with van der Waals surface area (Å²) in [5, 5.41) is 10.1. The second kappa shape index (κ2) is 3.64. The molecule has 0 unspecified atom stereocenters. The first-order valence-corrected chi connectivity index (χ1v) is 4.92. The molecular formula is C10H6ClNO2S. The Morgan fingerprint density at radius 1 is 1.40 bits per heavy atom. The minimum absolute atomic E-state index is 0.0785. The Bertz CT molecular complexity index is 606. The number of H-pyrrole nitrogens is 1. The number of aromatic nitrogens is 1. The molecule has 2 aromatic rings. The summed E-state index contributed by atoms with van der Waals surface area (Å²) >= 11 is 10.9. The smallest absolute Gasteiger partial charge is 0.352 e. The number of carboxylic acids is 1. The van der Waals surface area contributed by atoms with Gasteiger partial charge in [0.1, 0.15) is 5.69 Å².